The van der Waals surface area contributed by atoms with Crippen molar-refractivity contribution >= 4 is 18.2 Å². The van der Waals surface area contributed by atoms with Gasteiger partial charge in [-0.25, -0.2) is 4.79 Å². The third kappa shape index (κ3) is 3.64. The zero-order valence-corrected chi connectivity index (χ0v) is 22.1. The highest BCUT2D eigenvalue weighted by atomic mass is 16.5. The van der Waals surface area contributed by atoms with Gasteiger partial charge in [-0.3, -0.25) is 4.79 Å². The summed E-state index contributed by atoms with van der Waals surface area (Å²) >= 11 is 0. The molecule has 0 aromatic heterocycles. The molecule has 8 atom stereocenters. The minimum atomic E-state index is -1.26. The van der Waals surface area contributed by atoms with Crippen LogP contribution < -0.4 is 0 Å². The second-order valence-electron chi connectivity index (χ2n) is 12.8. The van der Waals surface area contributed by atoms with E-state index < -0.39 is 28.1 Å². The highest BCUT2D eigenvalue weighted by molar-refractivity contribution is 5.85. The molecular weight excluding hydrogens is 484 g/mol. The van der Waals surface area contributed by atoms with Crippen molar-refractivity contribution in [1.82, 2.24) is 0 Å². The zero-order valence-electron chi connectivity index (χ0n) is 22.1. The number of rotatable bonds is 5. The number of cyclic esters (lactones) is 1. The van der Waals surface area contributed by atoms with E-state index in [0.29, 0.717) is 38.7 Å². The lowest BCUT2D eigenvalue weighted by Crippen LogP contribution is -2.69. The molecule has 0 amide bonds. The van der Waals surface area contributed by atoms with Gasteiger partial charge in [0.2, 0.25) is 0 Å². The summed E-state index contributed by atoms with van der Waals surface area (Å²) in [5.74, 6) is -0.788. The fourth-order valence-electron chi connectivity index (χ4n) is 9.41. The molecule has 6 rings (SSSR count). The van der Waals surface area contributed by atoms with Crippen molar-refractivity contribution in [3.8, 4) is 0 Å². The average Bonchev–Trinajstić information content (AvgIpc) is 3.43. The van der Waals surface area contributed by atoms with Crippen LogP contribution in [-0.2, 0) is 30.3 Å². The molecule has 0 saturated heterocycles. The van der Waals surface area contributed by atoms with Gasteiger partial charge in [0.25, 0.3) is 0 Å². The highest BCUT2D eigenvalue weighted by Crippen LogP contribution is 2.70. The lowest BCUT2D eigenvalue weighted by molar-refractivity contribution is -0.249. The van der Waals surface area contributed by atoms with E-state index in [0.717, 1.165) is 36.7 Å². The van der Waals surface area contributed by atoms with Crippen LogP contribution in [0.4, 0.5) is 0 Å². The molecule has 4 aliphatic carbocycles. The van der Waals surface area contributed by atoms with E-state index in [9.17, 15) is 24.6 Å². The molecule has 7 nitrogen and oxygen atoms in total. The minimum Gasteiger partial charge on any atom is -0.462 e. The van der Waals surface area contributed by atoms with Gasteiger partial charge in [0.1, 0.15) is 19.0 Å². The molecule has 1 aliphatic heterocycles. The summed E-state index contributed by atoms with van der Waals surface area (Å²) < 4.78 is 11.0. The lowest BCUT2D eigenvalue weighted by atomic mass is 9.41. The standard InChI is InChI=1S/C31H38O7/c1-28-11-8-24-25(31(28,36)14-10-23(28)21-16-26(33)37-18-21)9-13-30(35)17-22(7-12-29(24,30)19-32)38-27(34)15-20-5-3-2-4-6-20/h2-6,16,19,22-25,35-36H,7-15,17-18H2,1H3/t22-,23+,24-,25+,28+,29-,30-,31-/m0/s1. The Morgan fingerprint density at radius 3 is 2.53 bits per heavy atom. The summed E-state index contributed by atoms with van der Waals surface area (Å²) in [6.07, 6.45) is 7.42. The van der Waals surface area contributed by atoms with Crippen molar-refractivity contribution in [3.05, 3.63) is 47.5 Å². The molecule has 204 valence electrons. The van der Waals surface area contributed by atoms with Crippen molar-refractivity contribution in [3.63, 3.8) is 0 Å². The van der Waals surface area contributed by atoms with E-state index in [1.807, 2.05) is 30.3 Å². The predicted molar refractivity (Wildman–Crippen MR) is 138 cm³/mol. The topological polar surface area (TPSA) is 110 Å². The zero-order chi connectivity index (χ0) is 26.8. The fraction of sp³-hybridized carbons (Fsp3) is 0.645. The maximum absolute atomic E-state index is 12.9. The fourth-order valence-corrected chi connectivity index (χ4v) is 9.41. The van der Waals surface area contributed by atoms with E-state index >= 15 is 0 Å². The second kappa shape index (κ2) is 9.02. The van der Waals surface area contributed by atoms with Crippen LogP contribution in [0.1, 0.15) is 70.3 Å². The van der Waals surface area contributed by atoms with E-state index in [4.69, 9.17) is 9.47 Å². The van der Waals surface area contributed by atoms with Gasteiger partial charge < -0.3 is 24.5 Å². The number of carbonyl (C=O) groups excluding carboxylic acids is 3. The maximum atomic E-state index is 12.9. The van der Waals surface area contributed by atoms with Crippen molar-refractivity contribution in [1.29, 1.82) is 0 Å². The Labute approximate surface area is 223 Å². The smallest absolute Gasteiger partial charge is 0.331 e. The van der Waals surface area contributed by atoms with Gasteiger partial charge >= 0.3 is 11.9 Å². The molecule has 5 aliphatic rings. The number of esters is 2. The van der Waals surface area contributed by atoms with Gasteiger partial charge in [-0.1, -0.05) is 37.3 Å². The van der Waals surface area contributed by atoms with Gasteiger partial charge in [0.15, 0.2) is 0 Å². The van der Waals surface area contributed by atoms with Crippen LogP contribution in [0.3, 0.4) is 0 Å². The van der Waals surface area contributed by atoms with Crippen molar-refractivity contribution in [2.24, 2.45) is 28.6 Å². The summed E-state index contributed by atoms with van der Waals surface area (Å²) in [5.41, 5.74) is -1.74. The van der Waals surface area contributed by atoms with Crippen molar-refractivity contribution in [2.75, 3.05) is 6.61 Å². The van der Waals surface area contributed by atoms with E-state index in [1.165, 1.54) is 0 Å². The van der Waals surface area contributed by atoms with Gasteiger partial charge in [-0.05, 0) is 80.3 Å². The molecular formula is C31H38O7. The van der Waals surface area contributed by atoms with Gasteiger partial charge in [-0.15, -0.1) is 0 Å². The molecule has 0 bridgehead atoms. The Morgan fingerprint density at radius 1 is 1.05 bits per heavy atom. The largest absolute Gasteiger partial charge is 0.462 e. The molecule has 1 aromatic rings. The van der Waals surface area contributed by atoms with Crippen LogP contribution in [0.5, 0.6) is 0 Å². The second-order valence-corrected chi connectivity index (χ2v) is 12.8. The molecule has 1 aromatic carbocycles. The first-order chi connectivity index (χ1) is 18.1. The summed E-state index contributed by atoms with van der Waals surface area (Å²) in [5, 5.41) is 24.4. The monoisotopic (exact) mass is 522 g/mol. The first kappa shape index (κ1) is 25.8. The Kier molecular flexibility index (Phi) is 6.11. The number of ether oxygens (including phenoxy) is 2. The number of aliphatic hydroxyl groups is 2. The number of benzene rings is 1. The summed E-state index contributed by atoms with van der Waals surface area (Å²) in [6.45, 7) is 2.44. The SMILES string of the molecule is C[C@]12CC[C@H]3[C@@H](CC[C@]4(O)C[C@@H](OC(=O)Cc5ccccc5)CC[C@]34C=O)[C@@]1(O)CC[C@@H]2C1=CC(=O)OC1. The molecule has 1 heterocycles. The Hall–Kier alpha value is -2.51. The first-order valence-corrected chi connectivity index (χ1v) is 14.2. The molecule has 0 unspecified atom stereocenters. The van der Waals surface area contributed by atoms with E-state index in [2.05, 4.69) is 6.92 Å². The molecule has 2 N–H and O–H groups in total. The predicted octanol–water partition coefficient (Wildman–Crippen LogP) is 3.69. The van der Waals surface area contributed by atoms with Gasteiger partial charge in [0, 0.05) is 17.9 Å². The molecule has 4 fully saturated rings. The number of hydrogen-bond acceptors (Lipinski definition) is 7. The summed E-state index contributed by atoms with van der Waals surface area (Å²) in [7, 11) is 0. The van der Waals surface area contributed by atoms with Crippen LogP contribution in [-0.4, -0.2) is 52.4 Å². The van der Waals surface area contributed by atoms with Crippen molar-refractivity contribution in [2.45, 2.75) is 88.4 Å². The number of aldehydes is 1. The first-order valence-electron chi connectivity index (χ1n) is 14.2. The summed E-state index contributed by atoms with van der Waals surface area (Å²) in [6, 6.07) is 9.44. The normalized spacial score (nSPS) is 43.8. The molecule has 38 heavy (non-hydrogen) atoms. The Morgan fingerprint density at radius 2 is 1.82 bits per heavy atom. The van der Waals surface area contributed by atoms with E-state index in [1.54, 1.807) is 6.08 Å². The van der Waals surface area contributed by atoms with Crippen LogP contribution in [0.15, 0.2) is 42.0 Å². The molecule has 0 radical (unpaired) electrons. The lowest BCUT2D eigenvalue weighted by Gasteiger charge is -2.65. The van der Waals surface area contributed by atoms with Crippen LogP contribution in [0.25, 0.3) is 0 Å². The van der Waals surface area contributed by atoms with Crippen LogP contribution in [0, 0.1) is 28.6 Å². The molecule has 4 saturated carbocycles. The number of fused-ring (bicyclic) bond motifs is 5. The van der Waals surface area contributed by atoms with Crippen LogP contribution >= 0.6 is 0 Å². The third-order valence-corrected chi connectivity index (χ3v) is 11.3. The number of carbonyl (C=O) groups is 3. The molecule has 7 heteroatoms. The van der Waals surface area contributed by atoms with Crippen molar-refractivity contribution < 1.29 is 34.1 Å². The quantitative estimate of drug-likeness (QED) is 0.448. The molecule has 0 spiro atoms. The Bertz CT molecular complexity index is 1160. The van der Waals surface area contributed by atoms with Gasteiger partial charge in [0.05, 0.1) is 23.0 Å². The third-order valence-electron chi connectivity index (χ3n) is 11.3. The Balaban J connectivity index is 1.21. The summed E-state index contributed by atoms with van der Waals surface area (Å²) in [4.78, 5) is 37.3. The van der Waals surface area contributed by atoms with Crippen LogP contribution in [0.2, 0.25) is 0 Å². The highest BCUT2D eigenvalue weighted by Gasteiger charge is 2.71. The minimum absolute atomic E-state index is 0.0765. The average molecular weight is 523 g/mol. The van der Waals surface area contributed by atoms with E-state index in [-0.39, 0.29) is 42.5 Å². The number of hydrogen-bond donors (Lipinski definition) is 2. The van der Waals surface area contributed by atoms with Gasteiger partial charge in [-0.2, -0.15) is 0 Å². The maximum Gasteiger partial charge on any atom is 0.331 e.